The standard InChI is InChI=1S/C11H18N2O6S2/c1-12-20(14,15)7-6-13-21(16,17)11-5-4-9(18-2)8-10(11)19-3/h4-5,8,12-13H,6-7H2,1-3H3. The van der Waals surface area contributed by atoms with Gasteiger partial charge in [0, 0.05) is 12.6 Å². The summed E-state index contributed by atoms with van der Waals surface area (Å²) in [4.78, 5) is -0.0901. The van der Waals surface area contributed by atoms with Crippen LogP contribution in [0, 0.1) is 0 Å². The van der Waals surface area contributed by atoms with E-state index in [1.807, 2.05) is 0 Å². The van der Waals surface area contributed by atoms with Crippen LogP contribution in [0.4, 0.5) is 0 Å². The van der Waals surface area contributed by atoms with Crippen molar-refractivity contribution in [2.45, 2.75) is 4.90 Å². The summed E-state index contributed by atoms with van der Waals surface area (Å²) in [5.41, 5.74) is 0. The van der Waals surface area contributed by atoms with E-state index in [9.17, 15) is 16.8 Å². The van der Waals surface area contributed by atoms with E-state index in [1.54, 1.807) is 0 Å². The Morgan fingerprint density at radius 3 is 2.29 bits per heavy atom. The van der Waals surface area contributed by atoms with Crippen LogP contribution in [-0.2, 0) is 20.0 Å². The molecule has 0 heterocycles. The Bertz CT molecular complexity index is 685. The molecule has 0 amide bonds. The third-order valence-electron chi connectivity index (χ3n) is 2.63. The van der Waals surface area contributed by atoms with Crippen LogP contribution in [0.3, 0.4) is 0 Å². The number of ether oxygens (including phenoxy) is 2. The lowest BCUT2D eigenvalue weighted by atomic mass is 10.3. The molecule has 21 heavy (non-hydrogen) atoms. The van der Waals surface area contributed by atoms with E-state index in [1.165, 1.54) is 39.5 Å². The maximum absolute atomic E-state index is 12.1. The van der Waals surface area contributed by atoms with Crippen LogP contribution in [0.2, 0.25) is 0 Å². The molecule has 0 aliphatic rings. The van der Waals surface area contributed by atoms with Gasteiger partial charge < -0.3 is 9.47 Å². The van der Waals surface area contributed by atoms with Crippen molar-refractivity contribution in [2.75, 3.05) is 33.6 Å². The van der Waals surface area contributed by atoms with E-state index < -0.39 is 20.0 Å². The van der Waals surface area contributed by atoms with E-state index in [0.29, 0.717) is 5.75 Å². The molecule has 0 aromatic heterocycles. The zero-order valence-electron chi connectivity index (χ0n) is 11.9. The average molecular weight is 338 g/mol. The van der Waals surface area contributed by atoms with Gasteiger partial charge in [0.25, 0.3) is 0 Å². The monoisotopic (exact) mass is 338 g/mol. The minimum atomic E-state index is -3.88. The van der Waals surface area contributed by atoms with Gasteiger partial charge in [-0.05, 0) is 19.2 Å². The van der Waals surface area contributed by atoms with Gasteiger partial charge in [-0.25, -0.2) is 26.3 Å². The summed E-state index contributed by atoms with van der Waals surface area (Å²) >= 11 is 0. The molecule has 0 unspecified atom stereocenters. The summed E-state index contributed by atoms with van der Waals surface area (Å²) in [6, 6.07) is 4.23. The molecule has 0 atom stereocenters. The first kappa shape index (κ1) is 17.7. The quantitative estimate of drug-likeness (QED) is 0.663. The second kappa shape index (κ2) is 7.07. The summed E-state index contributed by atoms with van der Waals surface area (Å²) in [5.74, 6) is 0.197. The van der Waals surface area contributed by atoms with Crippen molar-refractivity contribution in [3.8, 4) is 11.5 Å². The lowest BCUT2D eigenvalue weighted by Crippen LogP contribution is -2.33. The number of nitrogens with one attached hydrogen (secondary N) is 2. The minimum Gasteiger partial charge on any atom is -0.497 e. The highest BCUT2D eigenvalue weighted by molar-refractivity contribution is 7.90. The largest absolute Gasteiger partial charge is 0.497 e. The smallest absolute Gasteiger partial charge is 0.244 e. The van der Waals surface area contributed by atoms with Crippen LogP contribution in [0.25, 0.3) is 0 Å². The van der Waals surface area contributed by atoms with Gasteiger partial charge in [-0.1, -0.05) is 0 Å². The lowest BCUT2D eigenvalue weighted by Gasteiger charge is -2.12. The first-order valence-electron chi connectivity index (χ1n) is 5.88. The van der Waals surface area contributed by atoms with Crippen LogP contribution in [0.15, 0.2) is 23.1 Å². The molecule has 1 aromatic rings. The van der Waals surface area contributed by atoms with Gasteiger partial charge in [0.1, 0.15) is 16.4 Å². The fourth-order valence-electron chi connectivity index (χ4n) is 1.49. The Morgan fingerprint density at radius 2 is 1.76 bits per heavy atom. The van der Waals surface area contributed by atoms with Crippen molar-refractivity contribution in [1.82, 2.24) is 9.44 Å². The summed E-state index contributed by atoms with van der Waals surface area (Å²) in [5, 5.41) is 0. The molecule has 8 nitrogen and oxygen atoms in total. The summed E-state index contributed by atoms with van der Waals surface area (Å²) < 4.78 is 61.1. The third-order valence-corrected chi connectivity index (χ3v) is 5.50. The summed E-state index contributed by atoms with van der Waals surface area (Å²) in [7, 11) is -3.32. The normalized spacial score (nSPS) is 12.1. The highest BCUT2D eigenvalue weighted by Gasteiger charge is 2.20. The van der Waals surface area contributed by atoms with Gasteiger partial charge in [0.2, 0.25) is 20.0 Å². The SMILES string of the molecule is CNS(=O)(=O)CCNS(=O)(=O)c1ccc(OC)cc1OC. The summed E-state index contributed by atoms with van der Waals surface area (Å²) in [6.07, 6.45) is 0. The van der Waals surface area contributed by atoms with Gasteiger partial charge in [0.15, 0.2) is 0 Å². The Kier molecular flexibility index (Phi) is 5.96. The first-order valence-corrected chi connectivity index (χ1v) is 9.02. The predicted octanol–water partition coefficient (Wildman–Crippen LogP) is -0.469. The Labute approximate surface area is 124 Å². The van der Waals surface area contributed by atoms with Crippen molar-refractivity contribution >= 4 is 20.0 Å². The number of sulfonamides is 2. The second-order valence-corrected chi connectivity index (χ2v) is 7.72. The predicted molar refractivity (Wildman–Crippen MR) is 77.6 cm³/mol. The zero-order valence-corrected chi connectivity index (χ0v) is 13.5. The van der Waals surface area contributed by atoms with Crippen molar-refractivity contribution in [2.24, 2.45) is 0 Å². The van der Waals surface area contributed by atoms with E-state index >= 15 is 0 Å². The number of rotatable bonds is 8. The van der Waals surface area contributed by atoms with Gasteiger partial charge in [-0.3, -0.25) is 0 Å². The molecule has 0 aliphatic carbocycles. The van der Waals surface area contributed by atoms with Gasteiger partial charge in [0.05, 0.1) is 20.0 Å². The van der Waals surface area contributed by atoms with Gasteiger partial charge in [-0.15, -0.1) is 0 Å². The summed E-state index contributed by atoms with van der Waals surface area (Å²) in [6.45, 7) is -0.249. The Hall–Kier alpha value is -1.36. The molecular weight excluding hydrogens is 320 g/mol. The molecule has 0 spiro atoms. The molecule has 0 saturated heterocycles. The van der Waals surface area contributed by atoms with Crippen LogP contribution < -0.4 is 18.9 Å². The van der Waals surface area contributed by atoms with Crippen molar-refractivity contribution in [3.63, 3.8) is 0 Å². The zero-order chi connectivity index (χ0) is 16.1. The van der Waals surface area contributed by atoms with Crippen LogP contribution in [0.1, 0.15) is 0 Å². The fraction of sp³-hybridized carbons (Fsp3) is 0.455. The molecular formula is C11H18N2O6S2. The Morgan fingerprint density at radius 1 is 1.10 bits per heavy atom. The molecule has 1 aromatic carbocycles. The average Bonchev–Trinajstić information content (AvgIpc) is 2.46. The molecule has 2 N–H and O–H groups in total. The number of hydrogen-bond acceptors (Lipinski definition) is 6. The fourth-order valence-corrected chi connectivity index (χ4v) is 3.37. The van der Waals surface area contributed by atoms with E-state index in [2.05, 4.69) is 9.44 Å². The van der Waals surface area contributed by atoms with E-state index in [-0.39, 0.29) is 22.9 Å². The van der Waals surface area contributed by atoms with E-state index in [0.717, 1.165) is 0 Å². The Balaban J connectivity index is 2.93. The van der Waals surface area contributed by atoms with Crippen molar-refractivity contribution in [3.05, 3.63) is 18.2 Å². The molecule has 10 heteroatoms. The molecule has 120 valence electrons. The van der Waals surface area contributed by atoms with E-state index in [4.69, 9.17) is 9.47 Å². The van der Waals surface area contributed by atoms with Crippen molar-refractivity contribution in [1.29, 1.82) is 0 Å². The highest BCUT2D eigenvalue weighted by Crippen LogP contribution is 2.28. The van der Waals surface area contributed by atoms with Crippen LogP contribution >= 0.6 is 0 Å². The number of methoxy groups -OCH3 is 2. The molecule has 0 aliphatic heterocycles. The molecule has 0 saturated carbocycles. The minimum absolute atomic E-state index is 0.0901. The maximum Gasteiger partial charge on any atom is 0.244 e. The third kappa shape index (κ3) is 4.84. The number of hydrogen-bond donors (Lipinski definition) is 2. The molecule has 0 radical (unpaired) electrons. The maximum atomic E-state index is 12.1. The van der Waals surface area contributed by atoms with Crippen molar-refractivity contribution < 1.29 is 26.3 Å². The molecule has 1 rings (SSSR count). The van der Waals surface area contributed by atoms with Crippen LogP contribution in [-0.4, -0.2) is 50.4 Å². The number of benzene rings is 1. The van der Waals surface area contributed by atoms with Gasteiger partial charge >= 0.3 is 0 Å². The lowest BCUT2D eigenvalue weighted by molar-refractivity contribution is 0.386. The first-order chi connectivity index (χ1) is 9.75. The van der Waals surface area contributed by atoms with Gasteiger partial charge in [-0.2, -0.15) is 0 Å². The second-order valence-electron chi connectivity index (χ2n) is 3.94. The molecule has 0 bridgehead atoms. The molecule has 0 fully saturated rings. The van der Waals surface area contributed by atoms with Crippen LogP contribution in [0.5, 0.6) is 11.5 Å². The highest BCUT2D eigenvalue weighted by atomic mass is 32.2. The topological polar surface area (TPSA) is 111 Å².